The van der Waals surface area contributed by atoms with Crippen molar-refractivity contribution in [2.45, 2.75) is 39.7 Å². The number of nitrogens with zero attached hydrogens (tertiary/aromatic N) is 3. The van der Waals surface area contributed by atoms with Crippen LogP contribution in [0, 0.1) is 5.92 Å². The number of aliphatic imine (C=N–C) groups is 1. The third-order valence-corrected chi connectivity index (χ3v) is 5.37. The molecule has 0 bridgehead atoms. The highest BCUT2D eigenvalue weighted by Crippen LogP contribution is 2.17. The van der Waals surface area contributed by atoms with Gasteiger partial charge in [0.1, 0.15) is 0 Å². The molecule has 0 spiro atoms. The van der Waals surface area contributed by atoms with E-state index >= 15 is 0 Å². The number of guanidine groups is 1. The van der Waals surface area contributed by atoms with Gasteiger partial charge in [-0.2, -0.15) is 0 Å². The second kappa shape index (κ2) is 14.2. The fourth-order valence-electron chi connectivity index (χ4n) is 3.53. The van der Waals surface area contributed by atoms with Crippen LogP contribution in [0.5, 0.6) is 0 Å². The van der Waals surface area contributed by atoms with Crippen molar-refractivity contribution in [2.24, 2.45) is 10.9 Å². The van der Waals surface area contributed by atoms with E-state index in [9.17, 15) is 0 Å². The fourth-order valence-corrected chi connectivity index (χ4v) is 3.53. The highest BCUT2D eigenvalue weighted by Gasteiger charge is 2.19. The summed E-state index contributed by atoms with van der Waals surface area (Å²) < 4.78 is 5.19. The summed E-state index contributed by atoms with van der Waals surface area (Å²) in [6, 6.07) is 8.92. The average molecular weight is 502 g/mol. The number of rotatable bonds is 9. The predicted octanol–water partition coefficient (Wildman–Crippen LogP) is 3.62. The molecule has 1 aromatic rings. The zero-order valence-corrected chi connectivity index (χ0v) is 20.4. The Morgan fingerprint density at radius 1 is 1.18 bits per heavy atom. The molecular weight excluding hydrogens is 463 g/mol. The molecule has 6 heteroatoms. The maximum atomic E-state index is 5.19. The van der Waals surface area contributed by atoms with E-state index in [-0.39, 0.29) is 24.0 Å². The van der Waals surface area contributed by atoms with E-state index in [4.69, 9.17) is 9.73 Å². The lowest BCUT2D eigenvalue weighted by molar-refractivity contribution is 0.121. The molecule has 0 radical (unpaired) electrons. The van der Waals surface area contributed by atoms with Crippen molar-refractivity contribution < 1.29 is 4.74 Å². The minimum absolute atomic E-state index is 0. The molecule has 0 aliphatic carbocycles. The Balaban J connectivity index is 0.00000392. The Labute approximate surface area is 188 Å². The number of hydrogen-bond donors (Lipinski definition) is 1. The highest BCUT2D eigenvalue weighted by molar-refractivity contribution is 14.0. The van der Waals surface area contributed by atoms with Crippen molar-refractivity contribution in [3.63, 3.8) is 0 Å². The van der Waals surface area contributed by atoms with Crippen LogP contribution in [0.15, 0.2) is 29.3 Å². The van der Waals surface area contributed by atoms with Gasteiger partial charge in [0.2, 0.25) is 0 Å². The van der Waals surface area contributed by atoms with Crippen LogP contribution < -0.4 is 5.32 Å². The van der Waals surface area contributed by atoms with Gasteiger partial charge in [-0.1, -0.05) is 31.2 Å². The molecule has 1 fully saturated rings. The second-order valence-electron chi connectivity index (χ2n) is 7.50. The molecule has 5 nitrogen and oxygen atoms in total. The summed E-state index contributed by atoms with van der Waals surface area (Å²) in [6.45, 7) is 11.2. The first kappa shape index (κ1) is 25.2. The van der Waals surface area contributed by atoms with Crippen LogP contribution in [-0.4, -0.2) is 69.2 Å². The van der Waals surface area contributed by atoms with Crippen molar-refractivity contribution >= 4 is 29.9 Å². The number of ether oxygens (including phenoxy) is 1. The van der Waals surface area contributed by atoms with Gasteiger partial charge in [-0.05, 0) is 56.3 Å². The Hall–Kier alpha value is -0.860. The zero-order chi connectivity index (χ0) is 19.5. The third kappa shape index (κ3) is 8.66. The SMILES string of the molecule is CCNC(=NCC1CCN(CCOC)CC1)N(C)Cc1ccc(CC)cc1.I. The topological polar surface area (TPSA) is 40.1 Å². The Kier molecular flexibility index (Phi) is 12.7. The first-order chi connectivity index (χ1) is 13.2. The lowest BCUT2D eigenvalue weighted by Crippen LogP contribution is -2.40. The van der Waals surface area contributed by atoms with Gasteiger partial charge in [-0.15, -0.1) is 24.0 Å². The van der Waals surface area contributed by atoms with Crippen molar-refractivity contribution in [3.05, 3.63) is 35.4 Å². The molecule has 0 saturated carbocycles. The van der Waals surface area contributed by atoms with Gasteiger partial charge in [-0.25, -0.2) is 0 Å². The summed E-state index contributed by atoms with van der Waals surface area (Å²) in [4.78, 5) is 9.68. The van der Waals surface area contributed by atoms with Gasteiger partial charge in [0.05, 0.1) is 6.61 Å². The number of halogens is 1. The number of piperidine rings is 1. The summed E-state index contributed by atoms with van der Waals surface area (Å²) >= 11 is 0. The van der Waals surface area contributed by atoms with Crippen molar-refractivity contribution in [1.29, 1.82) is 0 Å². The Morgan fingerprint density at radius 2 is 1.82 bits per heavy atom. The summed E-state index contributed by atoms with van der Waals surface area (Å²) in [7, 11) is 3.90. The van der Waals surface area contributed by atoms with Crippen LogP contribution in [0.25, 0.3) is 0 Å². The highest BCUT2D eigenvalue weighted by atomic mass is 127. The first-order valence-corrected chi connectivity index (χ1v) is 10.4. The lowest BCUT2D eigenvalue weighted by Gasteiger charge is -2.31. The molecule has 160 valence electrons. The first-order valence-electron chi connectivity index (χ1n) is 10.4. The van der Waals surface area contributed by atoms with E-state index in [2.05, 4.69) is 60.3 Å². The molecule has 0 atom stereocenters. The minimum atomic E-state index is 0. The molecule has 2 rings (SSSR count). The van der Waals surface area contributed by atoms with Gasteiger partial charge in [-0.3, -0.25) is 4.99 Å². The van der Waals surface area contributed by atoms with E-state index in [0.29, 0.717) is 5.92 Å². The molecule has 1 saturated heterocycles. The number of nitrogens with one attached hydrogen (secondary N) is 1. The Bertz CT molecular complexity index is 556. The molecule has 0 unspecified atom stereocenters. The van der Waals surface area contributed by atoms with Gasteiger partial charge >= 0.3 is 0 Å². The smallest absolute Gasteiger partial charge is 0.193 e. The van der Waals surface area contributed by atoms with Crippen LogP contribution in [0.2, 0.25) is 0 Å². The van der Waals surface area contributed by atoms with Crippen LogP contribution in [0.3, 0.4) is 0 Å². The van der Waals surface area contributed by atoms with Crippen molar-refractivity contribution in [3.8, 4) is 0 Å². The summed E-state index contributed by atoms with van der Waals surface area (Å²) in [5, 5.41) is 3.45. The molecule has 1 aliphatic rings. The molecule has 1 N–H and O–H groups in total. The number of benzene rings is 1. The maximum absolute atomic E-state index is 5.19. The molecule has 1 aromatic carbocycles. The van der Waals surface area contributed by atoms with Crippen molar-refractivity contribution in [1.82, 2.24) is 15.1 Å². The van der Waals surface area contributed by atoms with Gasteiger partial charge in [0.15, 0.2) is 5.96 Å². The van der Waals surface area contributed by atoms with Crippen LogP contribution in [0.4, 0.5) is 0 Å². The number of hydrogen-bond acceptors (Lipinski definition) is 3. The fraction of sp³-hybridized carbons (Fsp3) is 0.682. The second-order valence-corrected chi connectivity index (χ2v) is 7.50. The largest absolute Gasteiger partial charge is 0.383 e. The number of aryl methyl sites for hydroxylation is 1. The quantitative estimate of drug-likeness (QED) is 0.318. The monoisotopic (exact) mass is 502 g/mol. The average Bonchev–Trinajstić information content (AvgIpc) is 2.70. The minimum Gasteiger partial charge on any atom is -0.383 e. The standard InChI is InChI=1S/C22H38N4O.HI/c1-5-19-7-9-21(10-8-19)18-25(3)22(23-6-2)24-17-20-11-13-26(14-12-20)15-16-27-4;/h7-10,20H,5-6,11-18H2,1-4H3,(H,23,24);1H. The lowest BCUT2D eigenvalue weighted by atomic mass is 9.97. The number of likely N-dealkylation sites (tertiary alicyclic amines) is 1. The molecule has 0 aromatic heterocycles. The predicted molar refractivity (Wildman–Crippen MR) is 130 cm³/mol. The van der Waals surface area contributed by atoms with E-state index in [1.54, 1.807) is 7.11 Å². The van der Waals surface area contributed by atoms with E-state index < -0.39 is 0 Å². The summed E-state index contributed by atoms with van der Waals surface area (Å²) in [5.74, 6) is 1.70. The normalized spacial score (nSPS) is 15.9. The van der Waals surface area contributed by atoms with Crippen LogP contribution in [0.1, 0.15) is 37.8 Å². The Morgan fingerprint density at radius 3 is 2.39 bits per heavy atom. The molecular formula is C22H39IN4O. The maximum Gasteiger partial charge on any atom is 0.193 e. The van der Waals surface area contributed by atoms with Gasteiger partial charge < -0.3 is 19.9 Å². The summed E-state index contributed by atoms with van der Waals surface area (Å²) in [5.41, 5.74) is 2.71. The molecule has 0 amide bonds. The zero-order valence-electron chi connectivity index (χ0n) is 18.1. The summed E-state index contributed by atoms with van der Waals surface area (Å²) in [6.07, 6.45) is 3.55. The van der Waals surface area contributed by atoms with Crippen molar-refractivity contribution in [2.75, 3.05) is 53.5 Å². The van der Waals surface area contributed by atoms with Gasteiger partial charge in [0.25, 0.3) is 0 Å². The third-order valence-electron chi connectivity index (χ3n) is 5.37. The number of methoxy groups -OCH3 is 1. The van der Waals surface area contributed by atoms with Crippen LogP contribution >= 0.6 is 24.0 Å². The molecule has 28 heavy (non-hydrogen) atoms. The van der Waals surface area contributed by atoms with E-state index in [1.165, 1.54) is 37.1 Å². The van der Waals surface area contributed by atoms with Gasteiger partial charge in [0, 0.05) is 40.3 Å². The molecule has 1 heterocycles. The van der Waals surface area contributed by atoms with Crippen LogP contribution in [-0.2, 0) is 17.7 Å². The van der Waals surface area contributed by atoms with E-state index in [1.807, 2.05) is 0 Å². The van der Waals surface area contributed by atoms with E-state index in [0.717, 1.165) is 45.2 Å². The molecule has 1 aliphatic heterocycles.